The van der Waals surface area contributed by atoms with Crippen LogP contribution in [0.5, 0.6) is 0 Å². The molecule has 3 aromatic heterocycles. The van der Waals surface area contributed by atoms with Gasteiger partial charge in [0, 0.05) is 24.5 Å². The van der Waals surface area contributed by atoms with Crippen LogP contribution in [0.3, 0.4) is 0 Å². The minimum atomic E-state index is 0.299. The maximum atomic E-state index is 11.6. The van der Waals surface area contributed by atoms with Crippen LogP contribution in [0.25, 0.3) is 11.2 Å². The van der Waals surface area contributed by atoms with Gasteiger partial charge >= 0.3 is 5.65 Å². The SMILES string of the molecule is [O-][n+]1nn(CCCNCCNc2ccccn2)c2cncnc21. The Hall–Kier alpha value is -2.81. The molecule has 9 heteroatoms. The van der Waals surface area contributed by atoms with Crippen molar-refractivity contribution < 1.29 is 4.85 Å². The van der Waals surface area contributed by atoms with E-state index < -0.39 is 0 Å². The summed E-state index contributed by atoms with van der Waals surface area (Å²) in [7, 11) is 0. The maximum Gasteiger partial charge on any atom is 0.327 e. The smallest absolute Gasteiger partial charge is 0.327 e. The molecule has 0 saturated carbocycles. The van der Waals surface area contributed by atoms with Crippen LogP contribution in [0.15, 0.2) is 36.9 Å². The van der Waals surface area contributed by atoms with Crippen molar-refractivity contribution in [1.82, 2.24) is 30.2 Å². The summed E-state index contributed by atoms with van der Waals surface area (Å²) in [5.74, 6) is 0.873. The van der Waals surface area contributed by atoms with Gasteiger partial charge < -0.3 is 15.8 Å². The molecule has 3 aromatic rings. The van der Waals surface area contributed by atoms with Crippen LogP contribution in [0.1, 0.15) is 6.42 Å². The lowest BCUT2D eigenvalue weighted by Gasteiger charge is -2.06. The number of pyridine rings is 1. The molecule has 0 unspecified atom stereocenters. The molecule has 0 aliphatic heterocycles. The fourth-order valence-electron chi connectivity index (χ4n) is 2.22. The highest BCUT2D eigenvalue weighted by atomic mass is 16.5. The summed E-state index contributed by atoms with van der Waals surface area (Å²) in [5.41, 5.74) is 0.951. The number of aromatic nitrogens is 6. The molecule has 0 atom stereocenters. The van der Waals surface area contributed by atoms with E-state index in [1.165, 1.54) is 6.33 Å². The van der Waals surface area contributed by atoms with Gasteiger partial charge in [-0.1, -0.05) is 11.1 Å². The lowest BCUT2D eigenvalue weighted by Crippen LogP contribution is -2.30. The second-order valence-electron chi connectivity index (χ2n) is 4.96. The second-order valence-corrected chi connectivity index (χ2v) is 4.96. The van der Waals surface area contributed by atoms with Crippen LogP contribution in [0, 0.1) is 5.21 Å². The number of nitrogens with one attached hydrogen (secondary N) is 2. The second kappa shape index (κ2) is 7.45. The predicted octanol–water partition coefficient (Wildman–Crippen LogP) is -0.0535. The Bertz CT molecular complexity index is 745. The predicted molar refractivity (Wildman–Crippen MR) is 84.5 cm³/mol. The fourth-order valence-corrected chi connectivity index (χ4v) is 2.22. The monoisotopic (exact) mass is 314 g/mol. The van der Waals surface area contributed by atoms with Crippen LogP contribution < -0.4 is 15.5 Å². The summed E-state index contributed by atoms with van der Waals surface area (Å²) in [6.07, 6.45) is 5.57. The highest BCUT2D eigenvalue weighted by Gasteiger charge is 2.13. The van der Waals surface area contributed by atoms with E-state index in [0.29, 0.717) is 22.6 Å². The number of hydrogen-bond acceptors (Lipinski definition) is 7. The van der Waals surface area contributed by atoms with Gasteiger partial charge in [-0.2, -0.15) is 4.68 Å². The first-order chi connectivity index (χ1) is 11.3. The van der Waals surface area contributed by atoms with Crippen molar-refractivity contribution in [2.24, 2.45) is 0 Å². The third-order valence-electron chi connectivity index (χ3n) is 3.32. The molecule has 3 heterocycles. The van der Waals surface area contributed by atoms with Crippen molar-refractivity contribution in [3.63, 3.8) is 0 Å². The highest BCUT2D eigenvalue weighted by Crippen LogP contribution is 2.04. The summed E-state index contributed by atoms with van der Waals surface area (Å²) < 4.78 is 1.64. The average molecular weight is 314 g/mol. The molecule has 120 valence electrons. The highest BCUT2D eigenvalue weighted by molar-refractivity contribution is 5.64. The Kier molecular flexibility index (Phi) is 4.89. The molecule has 0 bridgehead atoms. The van der Waals surface area contributed by atoms with Gasteiger partial charge in [-0.3, -0.25) is 0 Å². The largest absolute Gasteiger partial charge is 0.721 e. The Morgan fingerprint density at radius 3 is 3.00 bits per heavy atom. The lowest BCUT2D eigenvalue weighted by atomic mass is 10.4. The third-order valence-corrected chi connectivity index (χ3v) is 3.32. The van der Waals surface area contributed by atoms with Crippen LogP contribution >= 0.6 is 0 Å². The molecule has 0 fully saturated rings. The summed E-state index contributed by atoms with van der Waals surface area (Å²) in [6.45, 7) is 3.11. The molecule has 0 aromatic carbocycles. The van der Waals surface area contributed by atoms with Gasteiger partial charge in [0.25, 0.3) is 0 Å². The van der Waals surface area contributed by atoms with E-state index in [-0.39, 0.29) is 0 Å². The van der Waals surface area contributed by atoms with E-state index in [1.807, 2.05) is 18.2 Å². The molecule has 0 aliphatic rings. The fraction of sp³-hybridized carbons (Fsp3) is 0.357. The topological polar surface area (TPSA) is 107 Å². The number of aryl methyl sites for hydroxylation is 1. The number of fused-ring (bicyclic) bond motifs is 1. The zero-order chi connectivity index (χ0) is 15.9. The number of nitrogens with zero attached hydrogens (tertiary/aromatic N) is 6. The quantitative estimate of drug-likeness (QED) is 0.341. The lowest BCUT2D eigenvalue weighted by molar-refractivity contribution is -0.648. The standard InChI is InChI=1S/C14H18N8O/c23-22-14-12(10-16-11-19-14)21(20-22)9-3-5-15-7-8-18-13-4-1-2-6-17-13/h1-2,4,6,10-11,15H,3,5,7-9H2,(H,17,18). The van der Waals surface area contributed by atoms with Crippen LogP contribution in [-0.2, 0) is 6.54 Å². The Morgan fingerprint density at radius 2 is 2.13 bits per heavy atom. The van der Waals surface area contributed by atoms with Gasteiger partial charge in [0.05, 0.1) is 12.7 Å². The molecule has 23 heavy (non-hydrogen) atoms. The molecule has 0 amide bonds. The van der Waals surface area contributed by atoms with Crippen molar-refractivity contribution >= 4 is 17.0 Å². The zero-order valence-corrected chi connectivity index (χ0v) is 12.6. The van der Waals surface area contributed by atoms with Crippen molar-refractivity contribution in [2.75, 3.05) is 25.0 Å². The van der Waals surface area contributed by atoms with Gasteiger partial charge in [-0.05, 0) is 25.1 Å². The number of hydrogen-bond donors (Lipinski definition) is 2. The molecular formula is C14H18N8O. The van der Waals surface area contributed by atoms with E-state index in [9.17, 15) is 5.21 Å². The van der Waals surface area contributed by atoms with E-state index in [4.69, 9.17) is 0 Å². The first kappa shape index (κ1) is 15.1. The Morgan fingerprint density at radius 1 is 1.17 bits per heavy atom. The number of anilines is 1. The van der Waals surface area contributed by atoms with E-state index >= 15 is 0 Å². The number of rotatable bonds is 8. The van der Waals surface area contributed by atoms with Crippen LogP contribution in [0.2, 0.25) is 0 Å². The minimum absolute atomic E-state index is 0.299. The first-order valence-electron chi connectivity index (χ1n) is 7.46. The zero-order valence-electron chi connectivity index (χ0n) is 12.6. The van der Waals surface area contributed by atoms with Gasteiger partial charge in [0.2, 0.25) is 5.52 Å². The minimum Gasteiger partial charge on any atom is -0.721 e. The molecule has 0 radical (unpaired) electrons. The van der Waals surface area contributed by atoms with E-state index in [1.54, 1.807) is 17.1 Å². The van der Waals surface area contributed by atoms with E-state index in [2.05, 4.69) is 30.8 Å². The van der Waals surface area contributed by atoms with Gasteiger partial charge in [0.1, 0.15) is 5.82 Å². The summed E-state index contributed by atoms with van der Waals surface area (Å²) in [6, 6.07) is 5.77. The van der Waals surface area contributed by atoms with Crippen molar-refractivity contribution in [3.05, 3.63) is 42.1 Å². The summed E-state index contributed by atoms with van der Waals surface area (Å²) in [5, 5.41) is 22.0. The molecule has 9 nitrogen and oxygen atoms in total. The van der Waals surface area contributed by atoms with Gasteiger partial charge in [-0.15, -0.1) is 4.85 Å². The average Bonchev–Trinajstić information content (AvgIpc) is 2.92. The van der Waals surface area contributed by atoms with Crippen molar-refractivity contribution in [2.45, 2.75) is 13.0 Å². The molecule has 0 saturated heterocycles. The van der Waals surface area contributed by atoms with Crippen LogP contribution in [0.4, 0.5) is 5.82 Å². The summed E-state index contributed by atoms with van der Waals surface area (Å²) >= 11 is 0. The molecule has 2 N–H and O–H groups in total. The normalized spacial score (nSPS) is 11.0. The third kappa shape index (κ3) is 3.89. The molecule has 0 aliphatic carbocycles. The maximum absolute atomic E-state index is 11.6. The summed E-state index contributed by atoms with van der Waals surface area (Å²) in [4.78, 5) is 12.6. The van der Waals surface area contributed by atoms with E-state index in [0.717, 1.165) is 31.9 Å². The molecular weight excluding hydrogens is 296 g/mol. The first-order valence-corrected chi connectivity index (χ1v) is 7.46. The molecule has 3 rings (SSSR count). The Labute approximate surface area is 133 Å². The van der Waals surface area contributed by atoms with Gasteiger partial charge in [0.15, 0.2) is 6.33 Å². The van der Waals surface area contributed by atoms with Gasteiger partial charge in [-0.25, -0.2) is 9.97 Å². The van der Waals surface area contributed by atoms with Crippen molar-refractivity contribution in [1.29, 1.82) is 0 Å². The van der Waals surface area contributed by atoms with Crippen molar-refractivity contribution in [3.8, 4) is 0 Å². The Balaban J connectivity index is 1.37. The molecule has 0 spiro atoms. The van der Waals surface area contributed by atoms with Crippen LogP contribution in [-0.4, -0.2) is 44.5 Å².